The Labute approximate surface area is 152 Å². The third-order valence-electron chi connectivity index (χ3n) is 4.94. The van der Waals surface area contributed by atoms with Crippen LogP contribution in [0.1, 0.15) is 37.0 Å². The van der Waals surface area contributed by atoms with E-state index in [4.69, 9.17) is 0 Å². The Morgan fingerprint density at radius 3 is 2.77 bits per heavy atom. The first-order valence-electron chi connectivity index (χ1n) is 8.92. The standard InChI is InChI=1S/C19H24N4O3/c1-4-5-14-9-23(10-17(14)21-12(2)24)18(25)13-6-7-15-16(8-13)20-11-22(3)19(15)26/h6-8,11,14,17H,4-5,9-10H2,1-3H3,(H,21,24)/t14-,17-/m1/s1. The van der Waals surface area contributed by atoms with E-state index in [0.717, 1.165) is 12.8 Å². The molecule has 7 nitrogen and oxygen atoms in total. The number of benzene rings is 1. The normalized spacial score (nSPS) is 19.7. The van der Waals surface area contributed by atoms with Gasteiger partial charge < -0.3 is 14.8 Å². The highest BCUT2D eigenvalue weighted by molar-refractivity contribution is 5.97. The van der Waals surface area contributed by atoms with Crippen molar-refractivity contribution < 1.29 is 9.59 Å². The molecule has 1 saturated heterocycles. The zero-order valence-electron chi connectivity index (χ0n) is 15.4. The quantitative estimate of drug-likeness (QED) is 0.895. The number of carbonyl (C=O) groups is 2. The van der Waals surface area contributed by atoms with Gasteiger partial charge in [-0.15, -0.1) is 0 Å². The second kappa shape index (κ2) is 7.27. The first kappa shape index (κ1) is 18.1. The predicted octanol–water partition coefficient (Wildman–Crippen LogP) is 1.31. The second-order valence-electron chi connectivity index (χ2n) is 6.96. The summed E-state index contributed by atoms with van der Waals surface area (Å²) < 4.78 is 1.41. The first-order chi connectivity index (χ1) is 12.4. The van der Waals surface area contributed by atoms with Gasteiger partial charge in [0.1, 0.15) is 0 Å². The van der Waals surface area contributed by atoms with E-state index >= 15 is 0 Å². The molecule has 1 aromatic carbocycles. The minimum absolute atomic E-state index is 0.0118. The van der Waals surface area contributed by atoms with Crippen molar-refractivity contribution in [3.05, 3.63) is 40.4 Å². The molecule has 2 heterocycles. The molecule has 2 amide bonds. The van der Waals surface area contributed by atoms with Crippen molar-refractivity contribution in [1.82, 2.24) is 19.8 Å². The fourth-order valence-electron chi connectivity index (χ4n) is 3.65. The molecule has 1 aliphatic rings. The monoisotopic (exact) mass is 356 g/mol. The molecular formula is C19H24N4O3. The zero-order chi connectivity index (χ0) is 18.8. The van der Waals surface area contributed by atoms with Crippen molar-refractivity contribution in [3.8, 4) is 0 Å². The van der Waals surface area contributed by atoms with Crippen LogP contribution >= 0.6 is 0 Å². The third-order valence-corrected chi connectivity index (χ3v) is 4.94. The van der Waals surface area contributed by atoms with Crippen LogP contribution in [0, 0.1) is 5.92 Å². The zero-order valence-corrected chi connectivity index (χ0v) is 15.4. The van der Waals surface area contributed by atoms with Crippen LogP contribution in [0.3, 0.4) is 0 Å². The maximum absolute atomic E-state index is 12.9. The maximum Gasteiger partial charge on any atom is 0.260 e. The molecule has 7 heteroatoms. The fourth-order valence-corrected chi connectivity index (χ4v) is 3.65. The van der Waals surface area contributed by atoms with Crippen LogP contribution in [0.15, 0.2) is 29.3 Å². The van der Waals surface area contributed by atoms with E-state index in [1.165, 1.54) is 17.8 Å². The number of rotatable bonds is 4. The van der Waals surface area contributed by atoms with Gasteiger partial charge in [0, 0.05) is 32.6 Å². The molecule has 2 aromatic rings. The van der Waals surface area contributed by atoms with Gasteiger partial charge in [-0.25, -0.2) is 4.98 Å². The molecule has 0 radical (unpaired) electrons. The Morgan fingerprint density at radius 1 is 1.31 bits per heavy atom. The summed E-state index contributed by atoms with van der Waals surface area (Å²) >= 11 is 0. The molecule has 0 saturated carbocycles. The highest BCUT2D eigenvalue weighted by Gasteiger charge is 2.35. The topological polar surface area (TPSA) is 84.3 Å². The molecular weight excluding hydrogens is 332 g/mol. The van der Waals surface area contributed by atoms with Crippen molar-refractivity contribution in [1.29, 1.82) is 0 Å². The van der Waals surface area contributed by atoms with Crippen LogP contribution in [-0.4, -0.2) is 45.4 Å². The molecule has 1 N–H and O–H groups in total. The third kappa shape index (κ3) is 3.47. The SMILES string of the molecule is CCC[C@@H]1CN(C(=O)c2ccc3c(=O)n(C)cnc3c2)C[C@H]1NC(C)=O. The molecule has 2 atom stereocenters. The van der Waals surface area contributed by atoms with Gasteiger partial charge >= 0.3 is 0 Å². The van der Waals surface area contributed by atoms with Crippen LogP contribution in [-0.2, 0) is 11.8 Å². The minimum atomic E-state index is -0.135. The van der Waals surface area contributed by atoms with E-state index in [0.29, 0.717) is 29.6 Å². The summed E-state index contributed by atoms with van der Waals surface area (Å²) in [7, 11) is 1.65. The lowest BCUT2D eigenvalue weighted by molar-refractivity contribution is -0.119. The largest absolute Gasteiger partial charge is 0.351 e. The number of nitrogens with zero attached hydrogens (tertiary/aromatic N) is 3. The van der Waals surface area contributed by atoms with Gasteiger partial charge in [0.2, 0.25) is 5.91 Å². The van der Waals surface area contributed by atoms with Crippen LogP contribution in [0.25, 0.3) is 10.9 Å². The summed E-state index contributed by atoms with van der Waals surface area (Å²) in [4.78, 5) is 42.5. The van der Waals surface area contributed by atoms with E-state index in [1.54, 1.807) is 30.1 Å². The number of amides is 2. The van der Waals surface area contributed by atoms with E-state index in [2.05, 4.69) is 17.2 Å². The number of fused-ring (bicyclic) bond motifs is 1. The summed E-state index contributed by atoms with van der Waals surface area (Å²) in [6, 6.07) is 4.98. The highest BCUT2D eigenvalue weighted by atomic mass is 16.2. The number of hydrogen-bond donors (Lipinski definition) is 1. The second-order valence-corrected chi connectivity index (χ2v) is 6.96. The highest BCUT2D eigenvalue weighted by Crippen LogP contribution is 2.24. The minimum Gasteiger partial charge on any atom is -0.351 e. The molecule has 138 valence electrons. The first-order valence-corrected chi connectivity index (χ1v) is 8.92. The Kier molecular flexibility index (Phi) is 5.06. The van der Waals surface area contributed by atoms with Gasteiger partial charge in [-0.3, -0.25) is 14.4 Å². The number of carbonyl (C=O) groups excluding carboxylic acids is 2. The van der Waals surface area contributed by atoms with Crippen LogP contribution in [0.4, 0.5) is 0 Å². The molecule has 0 aliphatic carbocycles. The van der Waals surface area contributed by atoms with E-state index in [-0.39, 0.29) is 29.3 Å². The van der Waals surface area contributed by atoms with Crippen molar-refractivity contribution in [2.24, 2.45) is 13.0 Å². The van der Waals surface area contributed by atoms with Crippen molar-refractivity contribution in [2.75, 3.05) is 13.1 Å². The van der Waals surface area contributed by atoms with Crippen LogP contribution in [0.5, 0.6) is 0 Å². The number of likely N-dealkylation sites (tertiary alicyclic amines) is 1. The summed E-state index contributed by atoms with van der Waals surface area (Å²) in [6.45, 7) is 4.73. The molecule has 0 unspecified atom stereocenters. The molecule has 1 fully saturated rings. The summed E-state index contributed by atoms with van der Waals surface area (Å²) in [5.74, 6) is 0.0956. The van der Waals surface area contributed by atoms with Crippen LogP contribution in [0.2, 0.25) is 0 Å². The molecule has 26 heavy (non-hydrogen) atoms. The Balaban J connectivity index is 1.85. The smallest absolute Gasteiger partial charge is 0.260 e. The summed E-state index contributed by atoms with van der Waals surface area (Å²) in [6.07, 6.45) is 3.43. The van der Waals surface area contributed by atoms with Gasteiger partial charge in [-0.2, -0.15) is 0 Å². The van der Waals surface area contributed by atoms with Crippen molar-refractivity contribution >= 4 is 22.7 Å². The summed E-state index contributed by atoms with van der Waals surface area (Å²) in [5.41, 5.74) is 0.891. The molecule has 3 rings (SSSR count). The average molecular weight is 356 g/mol. The average Bonchev–Trinajstić information content (AvgIpc) is 2.99. The van der Waals surface area contributed by atoms with E-state index in [9.17, 15) is 14.4 Å². The van der Waals surface area contributed by atoms with E-state index < -0.39 is 0 Å². The van der Waals surface area contributed by atoms with Crippen LogP contribution < -0.4 is 10.9 Å². The van der Waals surface area contributed by atoms with Gasteiger partial charge in [-0.1, -0.05) is 13.3 Å². The number of aromatic nitrogens is 2. The van der Waals surface area contributed by atoms with E-state index in [1.807, 2.05) is 0 Å². The molecule has 0 spiro atoms. The number of hydrogen-bond acceptors (Lipinski definition) is 4. The number of aryl methyl sites for hydroxylation is 1. The predicted molar refractivity (Wildman–Crippen MR) is 98.9 cm³/mol. The lowest BCUT2D eigenvalue weighted by Gasteiger charge is -2.17. The molecule has 0 bridgehead atoms. The van der Waals surface area contributed by atoms with Gasteiger partial charge in [0.05, 0.1) is 23.3 Å². The van der Waals surface area contributed by atoms with Gasteiger partial charge in [0.15, 0.2) is 0 Å². The van der Waals surface area contributed by atoms with Gasteiger partial charge in [0.25, 0.3) is 11.5 Å². The van der Waals surface area contributed by atoms with Crippen molar-refractivity contribution in [3.63, 3.8) is 0 Å². The summed E-state index contributed by atoms with van der Waals surface area (Å²) in [5, 5.41) is 3.46. The Bertz CT molecular complexity index is 905. The fraction of sp³-hybridized carbons (Fsp3) is 0.474. The lowest BCUT2D eigenvalue weighted by Crippen LogP contribution is -2.39. The Hall–Kier alpha value is -2.70. The molecule has 1 aromatic heterocycles. The maximum atomic E-state index is 12.9. The van der Waals surface area contributed by atoms with Crippen molar-refractivity contribution in [2.45, 2.75) is 32.7 Å². The van der Waals surface area contributed by atoms with Gasteiger partial charge in [-0.05, 0) is 30.5 Å². The molecule has 1 aliphatic heterocycles. The number of nitrogens with one attached hydrogen (secondary N) is 1. The lowest BCUT2D eigenvalue weighted by atomic mass is 9.98. The Morgan fingerprint density at radius 2 is 2.08 bits per heavy atom.